The van der Waals surface area contributed by atoms with Gasteiger partial charge >= 0.3 is 5.97 Å². The Bertz CT molecular complexity index is 391. The minimum atomic E-state index is -2.22. The number of alkyl halides is 1. The van der Waals surface area contributed by atoms with Crippen LogP contribution in [0.1, 0.15) is 12.5 Å². The van der Waals surface area contributed by atoms with E-state index in [1.54, 1.807) is 0 Å². The van der Waals surface area contributed by atoms with Gasteiger partial charge < -0.3 is 4.74 Å². The maximum atomic E-state index is 14.0. The van der Waals surface area contributed by atoms with Gasteiger partial charge in [0.25, 0.3) is 0 Å². The van der Waals surface area contributed by atoms with E-state index in [1.165, 1.54) is 18.2 Å². The zero-order chi connectivity index (χ0) is 11.6. The summed E-state index contributed by atoms with van der Waals surface area (Å²) in [5.74, 6) is -0.971. The number of methoxy groups -OCH3 is 1. The van der Waals surface area contributed by atoms with Gasteiger partial charge in [0, 0.05) is 5.56 Å². The number of carbonyl (C=O) groups excluding carboxylic acids is 1. The van der Waals surface area contributed by atoms with Gasteiger partial charge in [-0.15, -0.1) is 0 Å². The molecule has 15 heavy (non-hydrogen) atoms. The molecular weight excluding hydrogens is 242 g/mol. The third-order valence-corrected chi connectivity index (χ3v) is 2.77. The lowest BCUT2D eigenvalue weighted by molar-refractivity contribution is -0.154. The van der Waals surface area contributed by atoms with Crippen LogP contribution in [0.3, 0.4) is 0 Å². The van der Waals surface area contributed by atoms with Crippen molar-refractivity contribution in [3.8, 4) is 0 Å². The predicted octanol–water partition coefficient (Wildman–Crippen LogP) is 3.35. The van der Waals surface area contributed by atoms with Crippen LogP contribution >= 0.6 is 23.2 Å². The van der Waals surface area contributed by atoms with Gasteiger partial charge in [0.15, 0.2) is 0 Å². The molecule has 0 aliphatic carbocycles. The van der Waals surface area contributed by atoms with Crippen LogP contribution in [0.25, 0.3) is 0 Å². The van der Waals surface area contributed by atoms with Gasteiger partial charge in [-0.05, 0) is 19.1 Å². The van der Waals surface area contributed by atoms with Crippen LogP contribution in [0, 0.1) is 0 Å². The normalized spacial score (nSPS) is 14.5. The van der Waals surface area contributed by atoms with E-state index in [9.17, 15) is 9.18 Å². The number of hydrogen-bond acceptors (Lipinski definition) is 2. The van der Waals surface area contributed by atoms with Crippen molar-refractivity contribution < 1.29 is 13.9 Å². The number of ether oxygens (including phenoxy) is 1. The first-order chi connectivity index (χ1) is 6.89. The number of halogens is 3. The fraction of sp³-hybridized carbons (Fsp3) is 0.300. The lowest BCUT2D eigenvalue weighted by atomic mass is 9.98. The number of hydrogen-bond donors (Lipinski definition) is 0. The summed E-state index contributed by atoms with van der Waals surface area (Å²) in [4.78, 5) is 11.2. The molecule has 1 unspecified atom stereocenters. The molecule has 0 aromatic heterocycles. The van der Waals surface area contributed by atoms with E-state index in [4.69, 9.17) is 23.2 Å². The van der Waals surface area contributed by atoms with E-state index in [2.05, 4.69) is 4.74 Å². The van der Waals surface area contributed by atoms with E-state index < -0.39 is 11.6 Å². The monoisotopic (exact) mass is 250 g/mol. The highest BCUT2D eigenvalue weighted by atomic mass is 35.5. The third-order valence-electron chi connectivity index (χ3n) is 2.03. The highest BCUT2D eigenvalue weighted by molar-refractivity contribution is 6.42. The molecule has 0 aliphatic heterocycles. The third kappa shape index (κ3) is 2.41. The topological polar surface area (TPSA) is 26.3 Å². The van der Waals surface area contributed by atoms with Crippen molar-refractivity contribution in [2.45, 2.75) is 12.6 Å². The molecule has 0 spiro atoms. The summed E-state index contributed by atoms with van der Waals surface area (Å²) < 4.78 is 18.3. The summed E-state index contributed by atoms with van der Waals surface area (Å²) >= 11 is 11.4. The molecule has 0 amide bonds. The van der Waals surface area contributed by atoms with Gasteiger partial charge in [-0.2, -0.15) is 0 Å². The second-order valence-electron chi connectivity index (χ2n) is 3.12. The molecule has 0 N–H and O–H groups in total. The summed E-state index contributed by atoms with van der Waals surface area (Å²) in [6.07, 6.45) is 0. The van der Waals surface area contributed by atoms with Crippen LogP contribution < -0.4 is 0 Å². The fourth-order valence-electron chi connectivity index (χ4n) is 1.10. The summed E-state index contributed by atoms with van der Waals surface area (Å²) in [6, 6.07) is 4.13. The number of rotatable bonds is 2. The molecule has 1 aromatic carbocycles. The smallest absolute Gasteiger partial charge is 0.348 e. The van der Waals surface area contributed by atoms with Crippen molar-refractivity contribution in [2.24, 2.45) is 0 Å². The molecule has 0 heterocycles. The van der Waals surface area contributed by atoms with Crippen molar-refractivity contribution in [3.05, 3.63) is 33.8 Å². The van der Waals surface area contributed by atoms with Crippen LogP contribution in [0.2, 0.25) is 10.0 Å². The molecule has 0 bridgehead atoms. The molecule has 5 heteroatoms. The van der Waals surface area contributed by atoms with Crippen LogP contribution in [0.5, 0.6) is 0 Å². The fourth-order valence-corrected chi connectivity index (χ4v) is 1.40. The standard InChI is InChI=1S/C10H9Cl2FO2/c1-10(13,9(14)15-2)6-3-4-7(11)8(12)5-6/h3-5H,1-2H3. The van der Waals surface area contributed by atoms with Gasteiger partial charge in [0.05, 0.1) is 17.2 Å². The average Bonchev–Trinajstić information content (AvgIpc) is 2.20. The number of esters is 1. The second kappa shape index (κ2) is 4.37. The summed E-state index contributed by atoms with van der Waals surface area (Å²) in [7, 11) is 1.12. The molecule has 0 saturated heterocycles. The van der Waals surface area contributed by atoms with E-state index >= 15 is 0 Å². The Balaban J connectivity index is 3.16. The first kappa shape index (κ1) is 12.3. The van der Waals surface area contributed by atoms with Crippen LogP contribution in [0.15, 0.2) is 18.2 Å². The first-order valence-electron chi connectivity index (χ1n) is 4.12. The number of benzene rings is 1. The van der Waals surface area contributed by atoms with Crippen molar-refractivity contribution in [1.29, 1.82) is 0 Å². The second-order valence-corrected chi connectivity index (χ2v) is 3.94. The first-order valence-corrected chi connectivity index (χ1v) is 4.88. The SMILES string of the molecule is COC(=O)C(C)(F)c1ccc(Cl)c(Cl)c1. The van der Waals surface area contributed by atoms with Crippen molar-refractivity contribution in [1.82, 2.24) is 0 Å². The molecule has 1 rings (SSSR count). The quantitative estimate of drug-likeness (QED) is 0.753. The maximum absolute atomic E-state index is 14.0. The van der Waals surface area contributed by atoms with Crippen molar-refractivity contribution >= 4 is 29.2 Å². The van der Waals surface area contributed by atoms with E-state index in [0.717, 1.165) is 14.0 Å². The molecule has 1 aromatic rings. The van der Waals surface area contributed by atoms with Gasteiger partial charge in [-0.3, -0.25) is 0 Å². The summed E-state index contributed by atoms with van der Waals surface area (Å²) in [5, 5.41) is 0.503. The predicted molar refractivity (Wildman–Crippen MR) is 56.9 cm³/mol. The molecule has 82 valence electrons. The van der Waals surface area contributed by atoms with E-state index in [-0.39, 0.29) is 10.6 Å². The Labute approximate surface area is 96.9 Å². The minimum absolute atomic E-state index is 0.115. The van der Waals surface area contributed by atoms with Gasteiger partial charge in [-0.1, -0.05) is 29.3 Å². The van der Waals surface area contributed by atoms with Gasteiger partial charge in [0.2, 0.25) is 5.67 Å². The van der Waals surface area contributed by atoms with Crippen LogP contribution in [-0.4, -0.2) is 13.1 Å². The molecule has 0 saturated carbocycles. The molecule has 0 fully saturated rings. The zero-order valence-electron chi connectivity index (χ0n) is 8.18. The molecular formula is C10H9Cl2FO2. The Morgan fingerprint density at radius 1 is 1.40 bits per heavy atom. The van der Waals surface area contributed by atoms with Crippen LogP contribution in [-0.2, 0) is 15.2 Å². The Morgan fingerprint density at radius 2 is 2.00 bits per heavy atom. The van der Waals surface area contributed by atoms with E-state index in [0.29, 0.717) is 5.02 Å². The molecule has 0 radical (unpaired) electrons. The van der Waals surface area contributed by atoms with Crippen molar-refractivity contribution in [3.63, 3.8) is 0 Å². The summed E-state index contributed by atoms with van der Waals surface area (Å²) in [5.41, 5.74) is -2.10. The van der Waals surface area contributed by atoms with Gasteiger partial charge in [0.1, 0.15) is 0 Å². The maximum Gasteiger partial charge on any atom is 0.348 e. The van der Waals surface area contributed by atoms with E-state index in [1.807, 2.05) is 0 Å². The molecule has 0 aliphatic rings. The number of carbonyl (C=O) groups is 1. The molecule has 2 nitrogen and oxygen atoms in total. The Morgan fingerprint density at radius 3 is 2.47 bits per heavy atom. The largest absolute Gasteiger partial charge is 0.466 e. The van der Waals surface area contributed by atoms with Crippen LogP contribution in [0.4, 0.5) is 4.39 Å². The van der Waals surface area contributed by atoms with Gasteiger partial charge in [-0.25, -0.2) is 9.18 Å². The molecule has 1 atom stereocenters. The highest BCUT2D eigenvalue weighted by Gasteiger charge is 2.36. The van der Waals surface area contributed by atoms with Crippen molar-refractivity contribution in [2.75, 3.05) is 7.11 Å². The Hall–Kier alpha value is -0.800. The average molecular weight is 251 g/mol. The lowest BCUT2D eigenvalue weighted by Gasteiger charge is -2.18. The summed E-state index contributed by atoms with van der Waals surface area (Å²) in [6.45, 7) is 1.11. The Kier molecular flexibility index (Phi) is 3.58. The minimum Gasteiger partial charge on any atom is -0.466 e. The lowest BCUT2D eigenvalue weighted by Crippen LogP contribution is -2.28. The highest BCUT2D eigenvalue weighted by Crippen LogP contribution is 2.31. The zero-order valence-corrected chi connectivity index (χ0v) is 9.69.